The van der Waals surface area contributed by atoms with Crippen LogP contribution >= 0.6 is 11.8 Å². The summed E-state index contributed by atoms with van der Waals surface area (Å²) in [6, 6.07) is 5.66. The van der Waals surface area contributed by atoms with Gasteiger partial charge in [0.25, 0.3) is 0 Å². The van der Waals surface area contributed by atoms with Gasteiger partial charge in [-0.1, -0.05) is 20.3 Å². The highest BCUT2D eigenvalue weighted by Gasteiger charge is 2.07. The van der Waals surface area contributed by atoms with Crippen molar-refractivity contribution in [2.45, 2.75) is 26.0 Å². The number of nitrogens with one attached hydrogen (secondary N) is 1. The summed E-state index contributed by atoms with van der Waals surface area (Å²) in [5, 5.41) is 7.46. The molecule has 4 heteroatoms. The lowest BCUT2D eigenvalue weighted by Crippen LogP contribution is -2.11. The summed E-state index contributed by atoms with van der Waals surface area (Å²) in [5.41, 5.74) is 7.38. The summed E-state index contributed by atoms with van der Waals surface area (Å²) in [6.07, 6.45) is 1.21. The van der Waals surface area contributed by atoms with Crippen molar-refractivity contribution in [3.8, 4) is 5.75 Å². The molecule has 1 aromatic carbocycles. The maximum Gasteiger partial charge on any atom is 0.122 e. The van der Waals surface area contributed by atoms with Crippen LogP contribution in [0.3, 0.4) is 0 Å². The number of thioether (sulfide) groups is 1. The molecule has 0 spiro atoms. The molecule has 0 amide bonds. The van der Waals surface area contributed by atoms with Crippen molar-refractivity contribution in [1.82, 2.24) is 0 Å². The first-order valence-corrected chi connectivity index (χ1v) is 7.33. The molecule has 1 atom stereocenters. The van der Waals surface area contributed by atoms with Gasteiger partial charge in [-0.2, -0.15) is 11.8 Å². The molecule has 0 saturated heterocycles. The van der Waals surface area contributed by atoms with Crippen LogP contribution < -0.4 is 10.5 Å². The van der Waals surface area contributed by atoms with E-state index >= 15 is 0 Å². The molecule has 18 heavy (non-hydrogen) atoms. The van der Waals surface area contributed by atoms with Crippen LogP contribution in [0.15, 0.2) is 18.2 Å². The average Bonchev–Trinajstić information content (AvgIpc) is 2.38. The van der Waals surface area contributed by atoms with E-state index in [1.54, 1.807) is 7.11 Å². The predicted molar refractivity (Wildman–Crippen MR) is 79.6 cm³/mol. The predicted octanol–water partition coefficient (Wildman–Crippen LogP) is 3.26. The number of methoxy groups -OCH3 is 1. The third kappa shape index (κ3) is 4.26. The summed E-state index contributed by atoms with van der Waals surface area (Å²) in [7, 11) is 1.67. The van der Waals surface area contributed by atoms with E-state index in [4.69, 9.17) is 15.9 Å². The molecule has 0 heterocycles. The van der Waals surface area contributed by atoms with E-state index < -0.39 is 0 Å². The Kier molecular flexibility index (Phi) is 6.05. The minimum absolute atomic E-state index is 0.103. The SMILES string of the molecule is CCC(C)CSCc1cc(C(=N)N)ccc1OC. The van der Waals surface area contributed by atoms with E-state index in [0.717, 1.165) is 34.3 Å². The van der Waals surface area contributed by atoms with E-state index in [9.17, 15) is 0 Å². The normalized spacial score (nSPS) is 12.2. The summed E-state index contributed by atoms with van der Waals surface area (Å²) in [6.45, 7) is 4.47. The summed E-state index contributed by atoms with van der Waals surface area (Å²) >= 11 is 1.90. The zero-order chi connectivity index (χ0) is 13.5. The van der Waals surface area contributed by atoms with E-state index in [1.165, 1.54) is 6.42 Å². The van der Waals surface area contributed by atoms with Gasteiger partial charge in [-0.15, -0.1) is 0 Å². The van der Waals surface area contributed by atoms with Crippen molar-refractivity contribution in [3.05, 3.63) is 29.3 Å². The molecule has 0 aromatic heterocycles. The number of nitrogen functional groups attached to an aromatic ring is 1. The van der Waals surface area contributed by atoms with Gasteiger partial charge >= 0.3 is 0 Å². The molecule has 0 radical (unpaired) electrons. The first kappa shape index (κ1) is 14.9. The van der Waals surface area contributed by atoms with Gasteiger partial charge < -0.3 is 10.5 Å². The molecule has 1 unspecified atom stereocenters. The second kappa shape index (κ2) is 7.31. The third-order valence-corrected chi connectivity index (χ3v) is 4.27. The van der Waals surface area contributed by atoms with Crippen molar-refractivity contribution < 1.29 is 4.74 Å². The highest BCUT2D eigenvalue weighted by molar-refractivity contribution is 7.98. The second-order valence-electron chi connectivity index (χ2n) is 4.47. The third-order valence-electron chi connectivity index (χ3n) is 2.95. The fourth-order valence-corrected chi connectivity index (χ4v) is 2.75. The van der Waals surface area contributed by atoms with Gasteiger partial charge in [-0.25, -0.2) is 0 Å². The topological polar surface area (TPSA) is 59.1 Å². The molecule has 3 nitrogen and oxygen atoms in total. The molecule has 1 rings (SSSR count). The van der Waals surface area contributed by atoms with Gasteiger partial charge in [-0.05, 0) is 29.9 Å². The number of hydrogen-bond acceptors (Lipinski definition) is 3. The Morgan fingerprint density at radius 2 is 2.22 bits per heavy atom. The largest absolute Gasteiger partial charge is 0.496 e. The number of hydrogen-bond donors (Lipinski definition) is 2. The second-order valence-corrected chi connectivity index (χ2v) is 5.50. The van der Waals surface area contributed by atoms with Crippen molar-refractivity contribution >= 4 is 17.6 Å². The van der Waals surface area contributed by atoms with Crippen LogP contribution in [0.25, 0.3) is 0 Å². The number of ether oxygens (including phenoxy) is 1. The summed E-state index contributed by atoms with van der Waals surface area (Å²) in [4.78, 5) is 0. The van der Waals surface area contributed by atoms with E-state index in [0.29, 0.717) is 0 Å². The molecule has 0 bridgehead atoms. The molecule has 0 fully saturated rings. The minimum Gasteiger partial charge on any atom is -0.496 e. The van der Waals surface area contributed by atoms with Gasteiger partial charge in [0.05, 0.1) is 7.11 Å². The smallest absolute Gasteiger partial charge is 0.122 e. The number of benzene rings is 1. The first-order chi connectivity index (χ1) is 8.58. The fraction of sp³-hybridized carbons (Fsp3) is 0.500. The van der Waals surface area contributed by atoms with Crippen LogP contribution in [-0.2, 0) is 5.75 Å². The molecule has 100 valence electrons. The lowest BCUT2D eigenvalue weighted by Gasteiger charge is -2.12. The van der Waals surface area contributed by atoms with Gasteiger partial charge in [0, 0.05) is 16.9 Å². The summed E-state index contributed by atoms with van der Waals surface area (Å²) < 4.78 is 5.34. The first-order valence-electron chi connectivity index (χ1n) is 6.17. The summed E-state index contributed by atoms with van der Waals surface area (Å²) in [5.74, 6) is 3.75. The van der Waals surface area contributed by atoms with Crippen LogP contribution in [0.5, 0.6) is 5.75 Å². The molecule has 3 N–H and O–H groups in total. The van der Waals surface area contributed by atoms with E-state index in [2.05, 4.69) is 13.8 Å². The highest BCUT2D eigenvalue weighted by atomic mass is 32.2. The zero-order valence-corrected chi connectivity index (χ0v) is 12.1. The maximum atomic E-state index is 7.46. The van der Waals surface area contributed by atoms with Crippen LogP contribution in [0.4, 0.5) is 0 Å². The van der Waals surface area contributed by atoms with Crippen molar-refractivity contribution in [2.75, 3.05) is 12.9 Å². The Bertz CT molecular complexity index is 407. The van der Waals surface area contributed by atoms with E-state index in [-0.39, 0.29) is 5.84 Å². The average molecular weight is 266 g/mol. The van der Waals surface area contributed by atoms with Crippen molar-refractivity contribution in [2.24, 2.45) is 11.7 Å². The number of amidine groups is 1. The van der Waals surface area contributed by atoms with Crippen LogP contribution in [0.2, 0.25) is 0 Å². The lowest BCUT2D eigenvalue weighted by molar-refractivity contribution is 0.411. The monoisotopic (exact) mass is 266 g/mol. The van der Waals surface area contributed by atoms with Crippen LogP contribution in [0.1, 0.15) is 31.4 Å². The standard InChI is InChI=1S/C14H22N2OS/c1-4-10(2)8-18-9-12-7-11(14(15)16)5-6-13(12)17-3/h5-7,10H,4,8-9H2,1-3H3,(H3,15,16). The molecule has 0 aliphatic carbocycles. The fourth-order valence-electron chi connectivity index (χ4n) is 1.55. The quantitative estimate of drug-likeness (QED) is 0.588. The number of nitrogens with two attached hydrogens (primary N) is 1. The Morgan fingerprint density at radius 1 is 1.50 bits per heavy atom. The van der Waals surface area contributed by atoms with Crippen LogP contribution in [-0.4, -0.2) is 18.7 Å². The molecule has 0 aliphatic rings. The Balaban J connectivity index is 2.72. The molecular weight excluding hydrogens is 244 g/mol. The zero-order valence-electron chi connectivity index (χ0n) is 11.3. The molecular formula is C14H22N2OS. The van der Waals surface area contributed by atoms with Gasteiger partial charge in [0.1, 0.15) is 11.6 Å². The number of rotatable bonds is 7. The van der Waals surface area contributed by atoms with Crippen molar-refractivity contribution in [3.63, 3.8) is 0 Å². The minimum atomic E-state index is 0.103. The molecule has 1 aromatic rings. The Hall–Kier alpha value is -1.16. The Labute approximate surface area is 114 Å². The Morgan fingerprint density at radius 3 is 2.78 bits per heavy atom. The molecule has 0 aliphatic heterocycles. The van der Waals surface area contributed by atoms with E-state index in [1.807, 2.05) is 30.0 Å². The highest BCUT2D eigenvalue weighted by Crippen LogP contribution is 2.25. The van der Waals surface area contributed by atoms with Gasteiger partial charge in [0.15, 0.2) is 0 Å². The lowest BCUT2D eigenvalue weighted by atomic mass is 10.1. The van der Waals surface area contributed by atoms with Crippen LogP contribution in [0, 0.1) is 11.3 Å². The van der Waals surface area contributed by atoms with Gasteiger partial charge in [-0.3, -0.25) is 5.41 Å². The maximum absolute atomic E-state index is 7.46. The van der Waals surface area contributed by atoms with Crippen molar-refractivity contribution in [1.29, 1.82) is 5.41 Å². The molecule has 0 saturated carbocycles. The van der Waals surface area contributed by atoms with Gasteiger partial charge in [0.2, 0.25) is 0 Å².